The van der Waals surface area contributed by atoms with E-state index in [1.165, 1.54) is 19.3 Å². The minimum absolute atomic E-state index is 0.0341. The van der Waals surface area contributed by atoms with Crippen LogP contribution in [-0.2, 0) is 31.9 Å². The number of nitrogens with zero attached hydrogens (tertiary/aromatic N) is 2. The van der Waals surface area contributed by atoms with Crippen molar-refractivity contribution in [3.63, 3.8) is 0 Å². The molecule has 54 heavy (non-hydrogen) atoms. The van der Waals surface area contributed by atoms with Crippen LogP contribution < -0.4 is 32.7 Å². The van der Waals surface area contributed by atoms with E-state index in [0.717, 1.165) is 18.4 Å². The van der Waals surface area contributed by atoms with Crippen LogP contribution in [0.5, 0.6) is 5.75 Å². The number of carbonyl (C=O) groups excluding carboxylic acids is 4. The summed E-state index contributed by atoms with van der Waals surface area (Å²) in [5.74, 6) is -0.244. The molecule has 17 nitrogen and oxygen atoms in total. The molecule has 0 spiro atoms. The summed E-state index contributed by atoms with van der Waals surface area (Å²) in [5, 5.41) is 32.9. The van der Waals surface area contributed by atoms with Crippen molar-refractivity contribution >= 4 is 30.0 Å². The van der Waals surface area contributed by atoms with Crippen molar-refractivity contribution in [2.75, 3.05) is 13.1 Å². The van der Waals surface area contributed by atoms with Gasteiger partial charge in [-0.15, -0.1) is 0 Å². The number of primary amides is 1. The van der Waals surface area contributed by atoms with E-state index >= 15 is 0 Å². The lowest BCUT2D eigenvalue weighted by Gasteiger charge is -2.25. The van der Waals surface area contributed by atoms with Gasteiger partial charge in [0.05, 0.1) is 0 Å². The van der Waals surface area contributed by atoms with Crippen LogP contribution in [0.25, 0.3) is 0 Å². The highest BCUT2D eigenvalue weighted by Gasteiger charge is 2.31. The smallest absolute Gasteiger partial charge is 0.407 e. The summed E-state index contributed by atoms with van der Waals surface area (Å²) < 4.78 is 16.2. The zero-order valence-electron chi connectivity index (χ0n) is 32.2. The Balaban J connectivity index is 1.84. The molecule has 1 aliphatic carbocycles. The van der Waals surface area contributed by atoms with Gasteiger partial charge in [-0.25, -0.2) is 9.59 Å². The topological polar surface area (TPSA) is 270 Å². The van der Waals surface area contributed by atoms with Crippen molar-refractivity contribution in [2.24, 2.45) is 17.4 Å². The molecule has 0 aliphatic heterocycles. The minimum Gasteiger partial charge on any atom is -0.508 e. The van der Waals surface area contributed by atoms with Crippen LogP contribution >= 0.6 is 0 Å². The number of alkyl carbamates (subject to hydrolysis) is 1. The number of aromatic hydroxyl groups is 1. The number of phenols is 1. The molecule has 17 heteroatoms. The van der Waals surface area contributed by atoms with Crippen LogP contribution in [0.1, 0.15) is 119 Å². The molecule has 3 rings (SSSR count). The Hall–Kier alpha value is -5.09. The molecule has 0 saturated heterocycles. The number of guanidine groups is 1. The summed E-state index contributed by atoms with van der Waals surface area (Å²) in [6.45, 7) is 9.51. The van der Waals surface area contributed by atoms with Crippen LogP contribution in [0.2, 0.25) is 0 Å². The van der Waals surface area contributed by atoms with Crippen molar-refractivity contribution in [1.82, 2.24) is 31.4 Å². The average molecular weight is 758 g/mol. The van der Waals surface area contributed by atoms with Crippen LogP contribution in [0, 0.1) is 25.2 Å². The zero-order valence-corrected chi connectivity index (χ0v) is 32.2. The Morgan fingerprint density at radius 1 is 0.963 bits per heavy atom. The zero-order chi connectivity index (χ0) is 39.8. The molecule has 3 atom stereocenters. The highest BCUT2D eigenvalue weighted by Crippen LogP contribution is 2.27. The van der Waals surface area contributed by atoms with E-state index in [4.69, 9.17) is 30.9 Å². The largest absolute Gasteiger partial charge is 0.508 e. The Morgan fingerprint density at radius 2 is 1.63 bits per heavy atom. The third kappa shape index (κ3) is 15.5. The first-order valence-electron chi connectivity index (χ1n) is 18.7. The maximum Gasteiger partial charge on any atom is 0.407 e. The van der Waals surface area contributed by atoms with Gasteiger partial charge in [-0.2, -0.15) is 4.98 Å². The molecule has 4 amide bonds. The summed E-state index contributed by atoms with van der Waals surface area (Å²) in [6.07, 6.45) is 5.25. The fraction of sp³-hybridized carbons (Fsp3) is 0.649. The lowest BCUT2D eigenvalue weighted by atomic mass is 9.87. The second kappa shape index (κ2) is 21.0. The normalized spacial score (nSPS) is 15.0. The van der Waals surface area contributed by atoms with Gasteiger partial charge in [0.2, 0.25) is 11.8 Å². The number of rotatable bonds is 19. The number of carbonyl (C=O) groups is 4. The lowest BCUT2D eigenvalue weighted by molar-refractivity contribution is -0.134. The van der Waals surface area contributed by atoms with E-state index in [1.54, 1.807) is 46.8 Å². The molecule has 1 aromatic heterocycles. The summed E-state index contributed by atoms with van der Waals surface area (Å²) in [7, 11) is 0. The van der Waals surface area contributed by atoms with Gasteiger partial charge in [0.25, 0.3) is 5.91 Å². The molecule has 300 valence electrons. The van der Waals surface area contributed by atoms with Gasteiger partial charge < -0.3 is 51.8 Å². The van der Waals surface area contributed by atoms with Crippen LogP contribution in [-0.4, -0.2) is 76.0 Å². The summed E-state index contributed by atoms with van der Waals surface area (Å²) in [5.41, 5.74) is 12.1. The number of ether oxygens (including phenoxy) is 2. The van der Waals surface area contributed by atoms with E-state index in [2.05, 4.69) is 31.4 Å². The molecular formula is C37H59N9O8. The number of hydrogen-bond acceptors (Lipinski definition) is 11. The number of nitrogens with two attached hydrogens (primary N) is 2. The lowest BCUT2D eigenvalue weighted by Crippen LogP contribution is -2.52. The van der Waals surface area contributed by atoms with Crippen molar-refractivity contribution in [3.8, 4) is 5.75 Å². The quantitative estimate of drug-likeness (QED) is 0.0577. The number of benzene rings is 1. The van der Waals surface area contributed by atoms with Crippen LogP contribution in [0.4, 0.5) is 9.59 Å². The highest BCUT2D eigenvalue weighted by atomic mass is 16.6. The number of hydrogen-bond donors (Lipinski definition) is 8. The van der Waals surface area contributed by atoms with Crippen LogP contribution in [0.3, 0.4) is 0 Å². The van der Waals surface area contributed by atoms with Gasteiger partial charge in [-0.1, -0.05) is 37.3 Å². The third-order valence-corrected chi connectivity index (χ3v) is 9.11. The fourth-order valence-electron chi connectivity index (χ4n) is 6.51. The Morgan fingerprint density at radius 3 is 2.26 bits per heavy atom. The van der Waals surface area contributed by atoms with Gasteiger partial charge in [0, 0.05) is 25.9 Å². The molecule has 0 unspecified atom stereocenters. The molecular weight excluding hydrogens is 698 g/mol. The summed E-state index contributed by atoms with van der Waals surface area (Å²) in [6, 6.07) is 1.24. The Bertz CT molecular complexity index is 1550. The van der Waals surface area contributed by atoms with E-state index < -0.39 is 47.8 Å². The van der Waals surface area contributed by atoms with Crippen LogP contribution in [0.15, 0.2) is 16.7 Å². The van der Waals surface area contributed by atoms with E-state index in [-0.39, 0.29) is 37.0 Å². The molecule has 1 aromatic carbocycles. The van der Waals surface area contributed by atoms with Gasteiger partial charge >= 0.3 is 12.2 Å². The second-order valence-electron chi connectivity index (χ2n) is 15.0. The molecule has 2 aromatic rings. The third-order valence-electron chi connectivity index (χ3n) is 9.11. The molecule has 1 aliphatic rings. The van der Waals surface area contributed by atoms with E-state index in [1.807, 2.05) is 0 Å². The Kier molecular flexibility index (Phi) is 16.8. The number of phenolic OH excluding ortho intramolecular Hbond substituents is 1. The van der Waals surface area contributed by atoms with Crippen molar-refractivity contribution < 1.29 is 38.3 Å². The number of amides is 4. The Labute approximate surface area is 316 Å². The van der Waals surface area contributed by atoms with Crippen molar-refractivity contribution in [1.29, 1.82) is 5.41 Å². The molecule has 10 N–H and O–H groups in total. The standard InChI is InChI=1S/C37H59N9O8/c1-22-18-25(47)19-23(2)26(22)21-28(44-32(49)29(52-35(40)50)15-11-17-41-34(38)39)31(48)43-27(14-9-10-16-42-36(51)53-37(3,4)5)33-45-30(46-54-33)20-24-12-7-6-8-13-24/h18-19,24,27-29,47H,6-17,20-21H2,1-5H3,(H2,40,50)(H,42,51)(H,43,48)(H,44,49)(H4,38,39,41)/t27-,28-,29+/m0/s1. The molecule has 1 heterocycles. The van der Waals surface area contributed by atoms with Crippen molar-refractivity contribution in [3.05, 3.63) is 40.5 Å². The predicted molar refractivity (Wildman–Crippen MR) is 200 cm³/mol. The summed E-state index contributed by atoms with van der Waals surface area (Å²) in [4.78, 5) is 56.5. The first-order chi connectivity index (χ1) is 25.5. The molecule has 0 bridgehead atoms. The first kappa shape index (κ1) is 43.3. The van der Waals surface area contributed by atoms with Crippen molar-refractivity contribution in [2.45, 2.75) is 135 Å². The van der Waals surface area contributed by atoms with E-state index in [0.29, 0.717) is 61.5 Å². The maximum absolute atomic E-state index is 14.3. The highest BCUT2D eigenvalue weighted by molar-refractivity contribution is 5.90. The number of aromatic nitrogens is 2. The number of unbranched alkanes of at least 4 members (excludes halogenated alkanes) is 1. The second-order valence-corrected chi connectivity index (χ2v) is 15.0. The molecule has 1 saturated carbocycles. The van der Waals surface area contributed by atoms with Gasteiger partial charge in [0.15, 0.2) is 17.9 Å². The molecule has 0 radical (unpaired) electrons. The van der Waals surface area contributed by atoms with Gasteiger partial charge in [-0.05, 0) is 101 Å². The van der Waals surface area contributed by atoms with Gasteiger partial charge in [-0.3, -0.25) is 15.0 Å². The number of aryl methyl sites for hydroxylation is 2. The molecule has 1 fully saturated rings. The van der Waals surface area contributed by atoms with E-state index in [9.17, 15) is 24.3 Å². The SMILES string of the molecule is Cc1cc(O)cc(C)c1C[C@H](NC(=O)[C@@H](CCCNC(=N)N)OC(N)=O)C(=O)N[C@@H](CCCCNC(=O)OC(C)(C)C)c1nc(CC2CCCCC2)no1. The fourth-order valence-corrected chi connectivity index (χ4v) is 6.51. The monoisotopic (exact) mass is 757 g/mol. The average Bonchev–Trinajstić information content (AvgIpc) is 3.53. The summed E-state index contributed by atoms with van der Waals surface area (Å²) >= 11 is 0. The minimum atomic E-state index is -1.33. The number of nitrogens with one attached hydrogen (secondary N) is 5. The maximum atomic E-state index is 14.3. The van der Waals surface area contributed by atoms with Gasteiger partial charge in [0.1, 0.15) is 23.4 Å². The predicted octanol–water partition coefficient (Wildman–Crippen LogP) is 3.82. The first-order valence-corrected chi connectivity index (χ1v) is 18.7.